The molecule has 0 unspecified atom stereocenters. The predicted molar refractivity (Wildman–Crippen MR) is 133 cm³/mol. The Balaban J connectivity index is 1.33. The number of nitrogens with zero attached hydrogens (tertiary/aromatic N) is 3. The number of rotatable bonds is 6. The maximum atomic E-state index is 13.2. The summed E-state index contributed by atoms with van der Waals surface area (Å²) in [7, 11) is 0. The van der Waals surface area contributed by atoms with Crippen LogP contribution in [0.15, 0.2) is 53.4 Å². The van der Waals surface area contributed by atoms with Gasteiger partial charge in [0.15, 0.2) is 5.82 Å². The number of hydrogen-bond acceptors (Lipinski definition) is 6. The van der Waals surface area contributed by atoms with E-state index in [9.17, 15) is 14.4 Å². The quantitative estimate of drug-likeness (QED) is 0.359. The number of aryl methyl sites for hydroxylation is 1. The van der Waals surface area contributed by atoms with Crippen molar-refractivity contribution >= 4 is 35.3 Å². The maximum Gasteiger partial charge on any atom is 0.322 e. The lowest BCUT2D eigenvalue weighted by molar-refractivity contribution is -0.122. The average Bonchev–Trinajstić information content (AvgIpc) is 3.26. The molecular formula is C25H26N6O3S. The highest BCUT2D eigenvalue weighted by Crippen LogP contribution is 2.29. The summed E-state index contributed by atoms with van der Waals surface area (Å²) in [6, 6.07) is 14.3. The van der Waals surface area contributed by atoms with E-state index in [1.165, 1.54) is 18.2 Å². The summed E-state index contributed by atoms with van der Waals surface area (Å²) in [5.74, 6) is 1.50. The molecular weight excluding hydrogens is 464 g/mol. The fourth-order valence-electron chi connectivity index (χ4n) is 4.32. The zero-order valence-electron chi connectivity index (χ0n) is 19.3. The lowest BCUT2D eigenvalue weighted by atomic mass is 10.1. The van der Waals surface area contributed by atoms with Crippen molar-refractivity contribution in [3.63, 3.8) is 0 Å². The highest BCUT2D eigenvalue weighted by molar-refractivity contribution is 7.99. The van der Waals surface area contributed by atoms with Gasteiger partial charge in [-0.15, -0.1) is 22.0 Å². The second-order valence-corrected chi connectivity index (χ2v) is 9.98. The molecule has 0 spiro atoms. The second kappa shape index (κ2) is 9.53. The van der Waals surface area contributed by atoms with Crippen LogP contribution >= 0.6 is 11.8 Å². The van der Waals surface area contributed by atoms with Crippen molar-refractivity contribution in [2.45, 2.75) is 49.6 Å². The Bertz CT molecular complexity index is 1310. The van der Waals surface area contributed by atoms with E-state index in [1.54, 1.807) is 19.1 Å². The van der Waals surface area contributed by atoms with Gasteiger partial charge in [-0.3, -0.25) is 14.9 Å². The Hall–Kier alpha value is -3.66. The molecule has 2 aliphatic rings. The van der Waals surface area contributed by atoms with Crippen LogP contribution in [0.25, 0.3) is 11.4 Å². The first kappa shape index (κ1) is 23.1. The molecule has 180 valence electrons. The van der Waals surface area contributed by atoms with Gasteiger partial charge in [0.2, 0.25) is 0 Å². The number of anilines is 1. The van der Waals surface area contributed by atoms with Gasteiger partial charge in [-0.05, 0) is 44.0 Å². The maximum absolute atomic E-state index is 13.2. The van der Waals surface area contributed by atoms with Gasteiger partial charge >= 0.3 is 6.03 Å². The van der Waals surface area contributed by atoms with Gasteiger partial charge in [-0.1, -0.05) is 30.7 Å². The van der Waals surface area contributed by atoms with Crippen LogP contribution in [0, 0.1) is 0 Å². The summed E-state index contributed by atoms with van der Waals surface area (Å²) in [4.78, 5) is 37.6. The molecule has 3 aromatic rings. The summed E-state index contributed by atoms with van der Waals surface area (Å²) >= 11 is 1.35. The molecule has 35 heavy (non-hydrogen) atoms. The van der Waals surface area contributed by atoms with Crippen molar-refractivity contribution < 1.29 is 14.4 Å². The van der Waals surface area contributed by atoms with E-state index in [4.69, 9.17) is 0 Å². The zero-order chi connectivity index (χ0) is 24.4. The third-order valence-electron chi connectivity index (χ3n) is 6.25. The summed E-state index contributed by atoms with van der Waals surface area (Å²) in [5.41, 5.74) is 1.03. The van der Waals surface area contributed by atoms with Crippen molar-refractivity contribution in [1.82, 2.24) is 25.4 Å². The van der Waals surface area contributed by atoms with Crippen LogP contribution in [0.1, 0.15) is 42.4 Å². The molecule has 3 heterocycles. The highest BCUT2D eigenvalue weighted by atomic mass is 32.2. The van der Waals surface area contributed by atoms with Crippen LogP contribution in [0.3, 0.4) is 0 Å². The highest BCUT2D eigenvalue weighted by Gasteiger charge is 2.41. The number of imide groups is 1. The van der Waals surface area contributed by atoms with Crippen LogP contribution in [0.2, 0.25) is 0 Å². The Morgan fingerprint density at radius 2 is 1.97 bits per heavy atom. The predicted octanol–water partition coefficient (Wildman–Crippen LogP) is 3.61. The SMILES string of the molecule is C[C@@]1(CSc2ccccc2C(=O)Nc2cccc(-c3nnc4n3CCCCC4)c2)NC(=O)NC1=O. The topological polar surface area (TPSA) is 118 Å². The first-order chi connectivity index (χ1) is 16.9. The number of nitrogens with one attached hydrogen (secondary N) is 3. The Morgan fingerprint density at radius 1 is 1.11 bits per heavy atom. The molecule has 9 nitrogen and oxygen atoms in total. The van der Waals surface area contributed by atoms with Crippen molar-refractivity contribution in [2.24, 2.45) is 0 Å². The van der Waals surface area contributed by atoms with E-state index in [0.717, 1.165) is 47.9 Å². The number of thioether (sulfide) groups is 1. The molecule has 0 aliphatic carbocycles. The summed E-state index contributed by atoms with van der Waals surface area (Å²) in [6.45, 7) is 2.57. The van der Waals surface area contributed by atoms with E-state index in [1.807, 2.05) is 36.4 Å². The number of aromatic nitrogens is 3. The number of hydrogen-bond donors (Lipinski definition) is 3. The molecule has 2 aliphatic heterocycles. The first-order valence-electron chi connectivity index (χ1n) is 11.6. The molecule has 0 radical (unpaired) electrons. The molecule has 5 rings (SSSR count). The molecule has 4 amide bonds. The van der Waals surface area contributed by atoms with E-state index < -0.39 is 11.6 Å². The van der Waals surface area contributed by atoms with Gasteiger partial charge in [-0.25, -0.2) is 4.79 Å². The first-order valence-corrected chi connectivity index (χ1v) is 12.6. The summed E-state index contributed by atoms with van der Waals surface area (Å²) in [5, 5.41) is 16.7. The number of carbonyl (C=O) groups excluding carboxylic acids is 3. The molecule has 0 bridgehead atoms. The van der Waals surface area contributed by atoms with Crippen LogP contribution < -0.4 is 16.0 Å². The van der Waals surface area contributed by atoms with E-state index in [2.05, 4.69) is 30.7 Å². The van der Waals surface area contributed by atoms with E-state index in [0.29, 0.717) is 17.0 Å². The average molecular weight is 491 g/mol. The fourth-order valence-corrected chi connectivity index (χ4v) is 5.45. The van der Waals surface area contributed by atoms with Gasteiger partial charge in [0.25, 0.3) is 11.8 Å². The minimum Gasteiger partial charge on any atom is -0.323 e. The fraction of sp³-hybridized carbons (Fsp3) is 0.320. The van der Waals surface area contributed by atoms with E-state index in [-0.39, 0.29) is 11.8 Å². The smallest absolute Gasteiger partial charge is 0.322 e. The molecule has 0 saturated carbocycles. The Labute approximate surface area is 207 Å². The lowest BCUT2D eigenvalue weighted by Crippen LogP contribution is -2.46. The number of benzene rings is 2. The third-order valence-corrected chi connectivity index (χ3v) is 7.64. The second-order valence-electron chi connectivity index (χ2n) is 8.96. The van der Waals surface area contributed by atoms with Gasteiger partial charge in [0.1, 0.15) is 11.4 Å². The molecule has 1 aromatic heterocycles. The molecule has 1 saturated heterocycles. The van der Waals surface area contributed by atoms with Crippen molar-refractivity contribution in [3.05, 3.63) is 59.9 Å². The van der Waals surface area contributed by atoms with Crippen LogP contribution in [0.5, 0.6) is 0 Å². The Kier molecular flexibility index (Phi) is 6.29. The molecule has 1 atom stereocenters. The Morgan fingerprint density at radius 3 is 2.80 bits per heavy atom. The van der Waals surface area contributed by atoms with Gasteiger partial charge in [0.05, 0.1) is 5.56 Å². The van der Waals surface area contributed by atoms with Gasteiger partial charge < -0.3 is 15.2 Å². The normalized spacial score (nSPS) is 19.5. The number of urea groups is 1. The largest absolute Gasteiger partial charge is 0.323 e. The molecule has 10 heteroatoms. The van der Waals surface area contributed by atoms with Crippen LogP contribution in [-0.4, -0.2) is 43.9 Å². The number of fused-ring (bicyclic) bond motifs is 1. The van der Waals surface area contributed by atoms with E-state index >= 15 is 0 Å². The number of carbonyl (C=O) groups is 3. The van der Waals surface area contributed by atoms with Crippen molar-refractivity contribution in [2.75, 3.05) is 11.1 Å². The molecule has 1 fully saturated rings. The van der Waals surface area contributed by atoms with Crippen molar-refractivity contribution in [1.29, 1.82) is 0 Å². The number of amides is 4. The minimum absolute atomic E-state index is 0.254. The molecule has 2 aromatic carbocycles. The monoisotopic (exact) mass is 490 g/mol. The molecule has 3 N–H and O–H groups in total. The third kappa shape index (κ3) is 4.79. The van der Waals surface area contributed by atoms with Crippen LogP contribution in [-0.2, 0) is 17.8 Å². The standard InChI is InChI=1S/C25H26N6O3S/c1-25(23(33)27-24(34)28-25)15-35-19-11-5-4-10-18(19)22(32)26-17-9-7-8-16(14-17)21-30-29-20-12-3-2-6-13-31(20)21/h4-5,7-11,14H,2-3,6,12-13,15H2,1H3,(H,26,32)(H2,27,28,33,34)/t25-/m0/s1. The summed E-state index contributed by atoms with van der Waals surface area (Å²) in [6.07, 6.45) is 4.35. The minimum atomic E-state index is -1.03. The van der Waals surface area contributed by atoms with Crippen LogP contribution in [0.4, 0.5) is 10.5 Å². The van der Waals surface area contributed by atoms with Gasteiger partial charge in [0, 0.05) is 34.9 Å². The summed E-state index contributed by atoms with van der Waals surface area (Å²) < 4.78 is 2.18. The van der Waals surface area contributed by atoms with Crippen molar-refractivity contribution in [3.8, 4) is 11.4 Å². The lowest BCUT2D eigenvalue weighted by Gasteiger charge is -2.20. The van der Waals surface area contributed by atoms with Gasteiger partial charge in [-0.2, -0.15) is 0 Å². The zero-order valence-corrected chi connectivity index (χ0v) is 20.2.